The number of nitrogens with one attached hydrogen (secondary N) is 1. The van der Waals surface area contributed by atoms with E-state index in [1.54, 1.807) is 24.3 Å². The molecular weight excluding hydrogens is 346 g/mol. The summed E-state index contributed by atoms with van der Waals surface area (Å²) in [7, 11) is 2.82. The molecule has 142 valence electrons. The number of amides is 1. The largest absolute Gasteiger partial charge is 0.493 e. The van der Waals surface area contributed by atoms with Crippen LogP contribution in [0.5, 0.6) is 11.5 Å². The molecule has 0 radical (unpaired) electrons. The van der Waals surface area contributed by atoms with E-state index in [0.29, 0.717) is 18.0 Å². The van der Waals surface area contributed by atoms with Crippen LogP contribution in [-0.4, -0.2) is 32.7 Å². The maximum Gasteiger partial charge on any atom is 0.330 e. The van der Waals surface area contributed by atoms with E-state index < -0.39 is 5.97 Å². The number of aryl methyl sites for hydroxylation is 1. The van der Waals surface area contributed by atoms with E-state index in [1.807, 2.05) is 31.2 Å². The van der Waals surface area contributed by atoms with Gasteiger partial charge >= 0.3 is 5.97 Å². The highest BCUT2D eigenvalue weighted by Gasteiger charge is 2.08. The van der Waals surface area contributed by atoms with Crippen molar-refractivity contribution in [2.45, 2.75) is 13.5 Å². The zero-order valence-corrected chi connectivity index (χ0v) is 15.7. The molecule has 0 unspecified atom stereocenters. The van der Waals surface area contributed by atoms with Gasteiger partial charge in [-0.05, 0) is 36.3 Å². The quantitative estimate of drug-likeness (QED) is 0.572. The summed E-state index contributed by atoms with van der Waals surface area (Å²) < 4.78 is 15.4. The molecule has 0 saturated carbocycles. The molecule has 0 spiro atoms. The minimum absolute atomic E-state index is 0.125. The molecule has 0 aliphatic carbocycles. The lowest BCUT2D eigenvalue weighted by molar-refractivity contribution is -0.134. The molecule has 1 N–H and O–H groups in total. The highest BCUT2D eigenvalue weighted by atomic mass is 16.5. The number of esters is 1. The van der Waals surface area contributed by atoms with E-state index in [0.717, 1.165) is 11.1 Å². The van der Waals surface area contributed by atoms with E-state index in [-0.39, 0.29) is 12.5 Å². The van der Waals surface area contributed by atoms with Gasteiger partial charge in [0, 0.05) is 12.6 Å². The van der Waals surface area contributed by atoms with Crippen LogP contribution in [0.2, 0.25) is 0 Å². The summed E-state index contributed by atoms with van der Waals surface area (Å²) in [5.41, 5.74) is 2.94. The predicted octanol–water partition coefficient (Wildman–Crippen LogP) is 2.89. The van der Waals surface area contributed by atoms with Crippen molar-refractivity contribution < 1.29 is 23.8 Å². The maximum atomic E-state index is 12.0. The van der Waals surface area contributed by atoms with Crippen LogP contribution in [0.25, 0.3) is 6.08 Å². The molecule has 6 heteroatoms. The molecule has 2 aromatic carbocycles. The lowest BCUT2D eigenvalue weighted by Gasteiger charge is -2.11. The highest BCUT2D eigenvalue weighted by molar-refractivity contribution is 5.87. The average molecular weight is 369 g/mol. The first-order chi connectivity index (χ1) is 13.0. The van der Waals surface area contributed by atoms with Crippen LogP contribution in [0, 0.1) is 6.92 Å². The molecule has 0 atom stereocenters. The third-order valence-electron chi connectivity index (χ3n) is 3.77. The first-order valence-corrected chi connectivity index (χ1v) is 8.41. The highest BCUT2D eigenvalue weighted by Crippen LogP contribution is 2.28. The standard InChI is InChI=1S/C21H23NO5/c1-15-4-6-17(7-5-15)13-22-20(23)14-27-18-10-8-16(12-19(18)25-2)9-11-21(24)26-3/h4-12H,13-14H2,1-3H3,(H,22,23)/b11-9+. The molecule has 0 saturated heterocycles. The smallest absolute Gasteiger partial charge is 0.330 e. The molecule has 1 amide bonds. The number of hydrogen-bond donors (Lipinski definition) is 1. The van der Waals surface area contributed by atoms with E-state index in [1.165, 1.54) is 25.9 Å². The third kappa shape index (κ3) is 6.51. The van der Waals surface area contributed by atoms with Gasteiger partial charge in [0.15, 0.2) is 18.1 Å². The van der Waals surface area contributed by atoms with E-state index in [4.69, 9.17) is 9.47 Å². The zero-order valence-electron chi connectivity index (χ0n) is 15.7. The fourth-order valence-corrected chi connectivity index (χ4v) is 2.24. The van der Waals surface area contributed by atoms with Gasteiger partial charge in [-0.2, -0.15) is 0 Å². The Kier molecular flexibility index (Phi) is 7.43. The topological polar surface area (TPSA) is 73.9 Å². The van der Waals surface area contributed by atoms with Gasteiger partial charge in [-0.3, -0.25) is 4.79 Å². The molecule has 27 heavy (non-hydrogen) atoms. The van der Waals surface area contributed by atoms with Crippen LogP contribution in [0.15, 0.2) is 48.5 Å². The maximum absolute atomic E-state index is 12.0. The minimum Gasteiger partial charge on any atom is -0.493 e. The molecule has 2 aromatic rings. The molecule has 0 aromatic heterocycles. The first-order valence-electron chi connectivity index (χ1n) is 8.41. The molecule has 0 bridgehead atoms. The summed E-state index contributed by atoms with van der Waals surface area (Å²) in [4.78, 5) is 23.1. The summed E-state index contributed by atoms with van der Waals surface area (Å²) in [5.74, 6) is 0.235. The fraction of sp³-hybridized carbons (Fsp3) is 0.238. The van der Waals surface area contributed by atoms with Crippen LogP contribution in [0.1, 0.15) is 16.7 Å². The molecule has 2 rings (SSSR count). The van der Waals surface area contributed by atoms with Crippen molar-refractivity contribution >= 4 is 18.0 Å². The van der Waals surface area contributed by atoms with Crippen molar-refractivity contribution in [3.8, 4) is 11.5 Å². The fourth-order valence-electron chi connectivity index (χ4n) is 2.24. The lowest BCUT2D eigenvalue weighted by Crippen LogP contribution is -2.28. The summed E-state index contributed by atoms with van der Waals surface area (Å²) >= 11 is 0. The number of methoxy groups -OCH3 is 2. The van der Waals surface area contributed by atoms with Gasteiger partial charge < -0.3 is 19.5 Å². The Labute approximate surface area is 158 Å². The monoisotopic (exact) mass is 369 g/mol. The SMILES string of the molecule is COC(=O)/C=C/c1ccc(OCC(=O)NCc2ccc(C)cc2)c(OC)c1. The second kappa shape index (κ2) is 10.0. The molecule has 0 heterocycles. The van der Waals surface area contributed by atoms with Gasteiger partial charge in [-0.1, -0.05) is 35.9 Å². The zero-order chi connectivity index (χ0) is 19.6. The second-order valence-electron chi connectivity index (χ2n) is 5.82. The Morgan fingerprint density at radius 1 is 1.04 bits per heavy atom. The van der Waals surface area contributed by atoms with Crippen molar-refractivity contribution in [1.29, 1.82) is 0 Å². The first kappa shape index (κ1) is 20.0. The summed E-state index contributed by atoms with van der Waals surface area (Å²) in [6, 6.07) is 13.1. The van der Waals surface area contributed by atoms with Crippen LogP contribution < -0.4 is 14.8 Å². The van der Waals surface area contributed by atoms with E-state index in [2.05, 4.69) is 10.1 Å². The Morgan fingerprint density at radius 2 is 1.78 bits per heavy atom. The molecule has 0 fully saturated rings. The van der Waals surface area contributed by atoms with Crippen LogP contribution >= 0.6 is 0 Å². The molecule has 0 aliphatic rings. The second-order valence-corrected chi connectivity index (χ2v) is 5.82. The normalized spacial score (nSPS) is 10.5. The Hall–Kier alpha value is -3.28. The van der Waals surface area contributed by atoms with Crippen molar-refractivity contribution in [2.24, 2.45) is 0 Å². The van der Waals surface area contributed by atoms with Gasteiger partial charge in [0.2, 0.25) is 0 Å². The van der Waals surface area contributed by atoms with Crippen LogP contribution in [0.3, 0.4) is 0 Å². The van der Waals surface area contributed by atoms with Crippen molar-refractivity contribution in [3.63, 3.8) is 0 Å². The van der Waals surface area contributed by atoms with Gasteiger partial charge in [0.05, 0.1) is 14.2 Å². The molecule has 0 aliphatic heterocycles. The third-order valence-corrected chi connectivity index (χ3v) is 3.77. The Bertz CT molecular complexity index is 812. The van der Waals surface area contributed by atoms with E-state index in [9.17, 15) is 9.59 Å². The Morgan fingerprint density at radius 3 is 2.44 bits per heavy atom. The van der Waals surface area contributed by atoms with Gasteiger partial charge in [-0.15, -0.1) is 0 Å². The van der Waals surface area contributed by atoms with Crippen LogP contribution in [-0.2, 0) is 20.9 Å². The lowest BCUT2D eigenvalue weighted by atomic mass is 10.1. The number of rotatable bonds is 8. The summed E-state index contributed by atoms with van der Waals surface area (Å²) in [6.45, 7) is 2.33. The molecular formula is C21H23NO5. The van der Waals surface area contributed by atoms with Crippen molar-refractivity contribution in [1.82, 2.24) is 5.32 Å². The number of carbonyl (C=O) groups excluding carboxylic acids is 2. The van der Waals surface area contributed by atoms with Gasteiger partial charge in [0.1, 0.15) is 0 Å². The van der Waals surface area contributed by atoms with Gasteiger partial charge in [0.25, 0.3) is 5.91 Å². The summed E-state index contributed by atoms with van der Waals surface area (Å²) in [5, 5.41) is 2.81. The summed E-state index contributed by atoms with van der Waals surface area (Å²) in [6.07, 6.45) is 2.92. The van der Waals surface area contributed by atoms with Crippen molar-refractivity contribution in [3.05, 3.63) is 65.2 Å². The van der Waals surface area contributed by atoms with E-state index >= 15 is 0 Å². The van der Waals surface area contributed by atoms with Crippen LogP contribution in [0.4, 0.5) is 0 Å². The minimum atomic E-state index is -0.445. The number of ether oxygens (including phenoxy) is 3. The average Bonchev–Trinajstić information content (AvgIpc) is 2.70. The molecule has 6 nitrogen and oxygen atoms in total. The van der Waals surface area contributed by atoms with Gasteiger partial charge in [-0.25, -0.2) is 4.79 Å². The number of benzene rings is 2. The number of carbonyl (C=O) groups is 2. The predicted molar refractivity (Wildman–Crippen MR) is 103 cm³/mol. The Balaban J connectivity index is 1.90. The number of hydrogen-bond acceptors (Lipinski definition) is 5. The van der Waals surface area contributed by atoms with Crippen molar-refractivity contribution in [2.75, 3.05) is 20.8 Å².